The van der Waals surface area contributed by atoms with Gasteiger partial charge in [-0.1, -0.05) is 11.8 Å². The number of carbonyl (C=O) groups is 1. The molecule has 0 aliphatic rings. The van der Waals surface area contributed by atoms with Crippen LogP contribution in [0.4, 0.5) is 23.4 Å². The van der Waals surface area contributed by atoms with E-state index in [4.69, 9.17) is 0 Å². The van der Waals surface area contributed by atoms with Crippen LogP contribution in [0.25, 0.3) is 0 Å². The number of aromatic nitrogens is 2. The van der Waals surface area contributed by atoms with Gasteiger partial charge in [0.2, 0.25) is 0 Å². The number of alkyl halides is 4. The van der Waals surface area contributed by atoms with Gasteiger partial charge in [0, 0.05) is 25.5 Å². The zero-order valence-corrected chi connectivity index (χ0v) is 13.1. The SMILES string of the molecule is C/C=N\N(C)c1ccnc(SCC(=O)OCC(F)(F)C(F)F)n1. The van der Waals surface area contributed by atoms with Crippen LogP contribution in [0.1, 0.15) is 6.92 Å². The Kier molecular flexibility index (Phi) is 7.20. The first-order valence-electron chi connectivity index (χ1n) is 6.26. The van der Waals surface area contributed by atoms with Gasteiger partial charge >= 0.3 is 18.3 Å². The second-order valence-corrected chi connectivity index (χ2v) is 5.05. The summed E-state index contributed by atoms with van der Waals surface area (Å²) in [5.41, 5.74) is 0. The molecule has 6 nitrogen and oxygen atoms in total. The van der Waals surface area contributed by atoms with Crippen LogP contribution in [0.5, 0.6) is 0 Å². The number of ether oxygens (including phenoxy) is 1. The van der Waals surface area contributed by atoms with Crippen molar-refractivity contribution in [2.45, 2.75) is 24.4 Å². The van der Waals surface area contributed by atoms with Crippen molar-refractivity contribution < 1.29 is 27.1 Å². The van der Waals surface area contributed by atoms with E-state index in [1.165, 1.54) is 11.2 Å². The van der Waals surface area contributed by atoms with E-state index in [0.717, 1.165) is 11.8 Å². The van der Waals surface area contributed by atoms with Crippen molar-refractivity contribution >= 4 is 29.8 Å². The molecule has 23 heavy (non-hydrogen) atoms. The highest BCUT2D eigenvalue weighted by molar-refractivity contribution is 7.99. The molecule has 0 saturated carbocycles. The first-order valence-corrected chi connectivity index (χ1v) is 7.24. The quantitative estimate of drug-likeness (QED) is 0.178. The highest BCUT2D eigenvalue weighted by Crippen LogP contribution is 2.23. The van der Waals surface area contributed by atoms with Gasteiger partial charge in [-0.2, -0.15) is 13.9 Å². The third-order valence-corrected chi connectivity index (χ3v) is 3.14. The fraction of sp³-hybridized carbons (Fsp3) is 0.500. The van der Waals surface area contributed by atoms with Gasteiger partial charge in [-0.3, -0.25) is 9.80 Å². The number of anilines is 1. The minimum absolute atomic E-state index is 0.193. The van der Waals surface area contributed by atoms with E-state index in [9.17, 15) is 22.4 Å². The number of esters is 1. The van der Waals surface area contributed by atoms with Gasteiger partial charge in [-0.05, 0) is 6.92 Å². The number of hydrogen-bond donors (Lipinski definition) is 0. The highest BCUT2D eigenvalue weighted by atomic mass is 32.2. The van der Waals surface area contributed by atoms with Crippen molar-refractivity contribution in [1.29, 1.82) is 0 Å². The lowest BCUT2D eigenvalue weighted by molar-refractivity contribution is -0.177. The van der Waals surface area contributed by atoms with E-state index in [0.29, 0.717) is 5.82 Å². The molecule has 128 valence electrons. The molecular weight excluding hydrogens is 340 g/mol. The molecule has 0 aliphatic carbocycles. The lowest BCUT2D eigenvalue weighted by atomic mass is 10.4. The Hall–Kier alpha value is -1.91. The number of hydrazone groups is 1. The fourth-order valence-corrected chi connectivity index (χ4v) is 1.84. The van der Waals surface area contributed by atoms with Crippen LogP contribution < -0.4 is 5.01 Å². The predicted molar refractivity (Wildman–Crippen MR) is 77.2 cm³/mol. The van der Waals surface area contributed by atoms with E-state index in [-0.39, 0.29) is 10.9 Å². The molecule has 0 aliphatic heterocycles. The summed E-state index contributed by atoms with van der Waals surface area (Å²) < 4.78 is 53.2. The molecular formula is C12H14F4N4O2S. The predicted octanol–water partition coefficient (Wildman–Crippen LogP) is 2.45. The van der Waals surface area contributed by atoms with E-state index < -0.39 is 24.9 Å². The van der Waals surface area contributed by atoms with Gasteiger partial charge in [0.1, 0.15) is 0 Å². The van der Waals surface area contributed by atoms with Gasteiger partial charge in [0.05, 0.1) is 5.75 Å². The molecule has 0 aromatic carbocycles. The third kappa shape index (κ3) is 6.38. The molecule has 1 aromatic rings. The van der Waals surface area contributed by atoms with Gasteiger partial charge in [0.25, 0.3) is 0 Å². The third-order valence-electron chi connectivity index (χ3n) is 2.30. The van der Waals surface area contributed by atoms with E-state index in [2.05, 4.69) is 19.8 Å². The lowest BCUT2D eigenvalue weighted by Gasteiger charge is -2.15. The van der Waals surface area contributed by atoms with Crippen molar-refractivity contribution in [3.63, 3.8) is 0 Å². The number of thioether (sulfide) groups is 1. The molecule has 1 aromatic heterocycles. The Bertz CT molecular complexity index is 560. The van der Waals surface area contributed by atoms with Crippen LogP contribution in [0.3, 0.4) is 0 Å². The van der Waals surface area contributed by atoms with Crippen molar-refractivity contribution in [3.05, 3.63) is 12.3 Å². The van der Waals surface area contributed by atoms with Crippen LogP contribution in [0, 0.1) is 0 Å². The summed E-state index contributed by atoms with van der Waals surface area (Å²) >= 11 is 0.829. The maximum atomic E-state index is 12.6. The topological polar surface area (TPSA) is 67.7 Å². The summed E-state index contributed by atoms with van der Waals surface area (Å²) in [6.45, 7) is 0.0530. The summed E-state index contributed by atoms with van der Waals surface area (Å²) in [6, 6.07) is 1.58. The fourth-order valence-electron chi connectivity index (χ4n) is 1.22. The number of nitrogens with zero attached hydrogens (tertiary/aromatic N) is 4. The maximum Gasteiger partial charge on any atom is 0.340 e. The summed E-state index contributed by atoms with van der Waals surface area (Å²) in [4.78, 5) is 19.3. The van der Waals surface area contributed by atoms with Crippen molar-refractivity contribution in [3.8, 4) is 0 Å². The largest absolute Gasteiger partial charge is 0.458 e. The van der Waals surface area contributed by atoms with Crippen molar-refractivity contribution in [1.82, 2.24) is 9.97 Å². The molecule has 0 atom stereocenters. The average Bonchev–Trinajstić information content (AvgIpc) is 2.51. The van der Waals surface area contributed by atoms with Gasteiger partial charge < -0.3 is 4.74 Å². The van der Waals surface area contributed by atoms with Crippen LogP contribution in [-0.2, 0) is 9.53 Å². The standard InChI is InChI=1S/C12H14F4N4O2S/c1-3-18-20(2)8-4-5-17-11(19-8)23-6-9(21)22-7-12(15,16)10(13)14/h3-5,10H,6-7H2,1-2H3/b18-3-. The molecule has 0 spiro atoms. The molecule has 0 radical (unpaired) electrons. The number of carbonyl (C=O) groups excluding carboxylic acids is 1. The van der Waals surface area contributed by atoms with Gasteiger partial charge in [0.15, 0.2) is 17.6 Å². The Labute approximate surface area is 133 Å². The van der Waals surface area contributed by atoms with Crippen LogP contribution in [0.15, 0.2) is 22.5 Å². The molecule has 0 N–H and O–H groups in total. The van der Waals surface area contributed by atoms with E-state index in [1.807, 2.05) is 0 Å². The summed E-state index contributed by atoms with van der Waals surface area (Å²) in [5, 5.41) is 5.63. The average molecular weight is 354 g/mol. The molecule has 0 saturated heterocycles. The number of rotatable bonds is 8. The Morgan fingerprint density at radius 2 is 2.26 bits per heavy atom. The first-order chi connectivity index (χ1) is 10.8. The van der Waals surface area contributed by atoms with Crippen molar-refractivity contribution in [2.75, 3.05) is 24.4 Å². The minimum Gasteiger partial charge on any atom is -0.458 e. The zero-order chi connectivity index (χ0) is 17.5. The number of hydrogen-bond acceptors (Lipinski definition) is 7. The monoisotopic (exact) mass is 354 g/mol. The summed E-state index contributed by atoms with van der Waals surface area (Å²) in [7, 11) is 1.65. The molecule has 1 heterocycles. The van der Waals surface area contributed by atoms with Crippen LogP contribution >= 0.6 is 11.8 Å². The second-order valence-electron chi connectivity index (χ2n) is 4.11. The molecule has 0 bridgehead atoms. The van der Waals surface area contributed by atoms with Crippen LogP contribution in [0.2, 0.25) is 0 Å². The smallest absolute Gasteiger partial charge is 0.340 e. The number of halogens is 4. The van der Waals surface area contributed by atoms with E-state index >= 15 is 0 Å². The summed E-state index contributed by atoms with van der Waals surface area (Å²) in [6.07, 6.45) is -0.907. The Morgan fingerprint density at radius 3 is 2.87 bits per heavy atom. The highest BCUT2D eigenvalue weighted by Gasteiger charge is 2.42. The Morgan fingerprint density at radius 1 is 1.57 bits per heavy atom. The second kappa shape index (κ2) is 8.65. The lowest BCUT2D eigenvalue weighted by Crippen LogP contribution is -2.33. The molecule has 11 heteroatoms. The van der Waals surface area contributed by atoms with E-state index in [1.54, 1.807) is 26.3 Å². The molecule has 0 unspecified atom stereocenters. The zero-order valence-electron chi connectivity index (χ0n) is 12.2. The molecule has 1 rings (SSSR count). The molecule has 0 amide bonds. The van der Waals surface area contributed by atoms with Gasteiger partial charge in [-0.25, -0.2) is 18.7 Å². The molecule has 0 fully saturated rings. The van der Waals surface area contributed by atoms with Crippen LogP contribution in [-0.4, -0.2) is 53.9 Å². The first kappa shape index (κ1) is 19.1. The maximum absolute atomic E-state index is 12.6. The minimum atomic E-state index is -4.36. The Balaban J connectivity index is 2.52. The summed E-state index contributed by atoms with van der Waals surface area (Å²) in [5.74, 6) is -5.36. The van der Waals surface area contributed by atoms with Gasteiger partial charge in [-0.15, -0.1) is 0 Å². The van der Waals surface area contributed by atoms with Crippen molar-refractivity contribution in [2.24, 2.45) is 5.10 Å². The normalized spacial score (nSPS) is 12.0.